The normalized spacial score (nSPS) is 12.5. The third kappa shape index (κ3) is 6.02. The van der Waals surface area contributed by atoms with Gasteiger partial charge in [-0.15, -0.1) is 0 Å². The van der Waals surface area contributed by atoms with Gasteiger partial charge in [0.2, 0.25) is 0 Å². The lowest BCUT2D eigenvalue weighted by atomic mass is 10.0. The lowest BCUT2D eigenvalue weighted by molar-refractivity contribution is -0.138. The summed E-state index contributed by atoms with van der Waals surface area (Å²) >= 11 is 0. The van der Waals surface area contributed by atoms with Crippen molar-refractivity contribution in [2.45, 2.75) is 45.5 Å². The average Bonchev–Trinajstić information content (AvgIpc) is 2.86. The van der Waals surface area contributed by atoms with Crippen LogP contribution in [0.2, 0.25) is 0 Å². The van der Waals surface area contributed by atoms with E-state index in [9.17, 15) is 22.8 Å². The second kappa shape index (κ2) is 11.1. The van der Waals surface area contributed by atoms with Crippen molar-refractivity contribution in [3.8, 4) is 17.0 Å². The Morgan fingerprint density at radius 2 is 1.97 bits per heavy atom. The molecular weight excluding hydrogens is 520 g/mol. The number of nitrogens with two attached hydrogens (primary N) is 1. The van der Waals surface area contributed by atoms with Crippen molar-refractivity contribution < 1.29 is 22.3 Å². The van der Waals surface area contributed by atoms with Gasteiger partial charge in [0.25, 0.3) is 11.1 Å². The summed E-state index contributed by atoms with van der Waals surface area (Å²) < 4.78 is 61.6. The van der Waals surface area contributed by atoms with Gasteiger partial charge in [-0.05, 0) is 62.4 Å². The highest BCUT2D eigenvalue weighted by molar-refractivity contribution is 5.86. The maximum atomic E-state index is 15.0. The second-order valence-corrected chi connectivity index (χ2v) is 8.92. The molecule has 0 fully saturated rings. The Hall–Kier alpha value is -4.42. The number of pyridine rings is 2. The molecule has 0 bridgehead atoms. The molecule has 0 saturated heterocycles. The van der Waals surface area contributed by atoms with Crippen LogP contribution in [0.3, 0.4) is 0 Å². The Balaban J connectivity index is 1.48. The fourth-order valence-electron chi connectivity index (χ4n) is 4.26. The molecule has 0 amide bonds. The van der Waals surface area contributed by atoms with Crippen molar-refractivity contribution in [1.82, 2.24) is 19.7 Å². The van der Waals surface area contributed by atoms with Gasteiger partial charge in [0.15, 0.2) is 11.6 Å². The molecule has 4 rings (SSSR count). The highest BCUT2D eigenvalue weighted by atomic mass is 19.4. The zero-order valence-corrected chi connectivity index (χ0v) is 21.1. The minimum absolute atomic E-state index is 0.123. The quantitative estimate of drug-likeness (QED) is 0.263. The van der Waals surface area contributed by atoms with Crippen LogP contribution in [-0.2, 0) is 12.7 Å². The molecule has 206 valence electrons. The number of aromatic nitrogens is 4. The topological polar surface area (TPSA) is 128 Å². The van der Waals surface area contributed by atoms with Gasteiger partial charge < -0.3 is 20.4 Å². The summed E-state index contributed by atoms with van der Waals surface area (Å²) in [6, 6.07) is 7.09. The molecule has 4 aromatic rings. The minimum atomic E-state index is -4.85. The summed E-state index contributed by atoms with van der Waals surface area (Å²) in [5.41, 5.74) is 2.88. The summed E-state index contributed by atoms with van der Waals surface area (Å²) in [6.45, 7) is 4.12. The van der Waals surface area contributed by atoms with Crippen LogP contribution in [0.1, 0.15) is 32.3 Å². The van der Waals surface area contributed by atoms with E-state index in [0.29, 0.717) is 36.3 Å². The van der Waals surface area contributed by atoms with Gasteiger partial charge in [0.05, 0.1) is 29.6 Å². The number of alkyl halides is 3. The second-order valence-electron chi connectivity index (χ2n) is 8.92. The van der Waals surface area contributed by atoms with Crippen LogP contribution in [0.5, 0.6) is 5.75 Å². The number of nitrogens with zero attached hydrogens (tertiary/aromatic N) is 3. The number of halogens is 4. The van der Waals surface area contributed by atoms with Crippen LogP contribution < -0.4 is 26.9 Å². The number of hydrogen-bond acceptors (Lipinski definition) is 7. The largest absolute Gasteiger partial charge is 0.490 e. The first-order valence-corrected chi connectivity index (χ1v) is 12.1. The number of rotatable bonds is 9. The van der Waals surface area contributed by atoms with E-state index in [0.717, 1.165) is 12.3 Å². The van der Waals surface area contributed by atoms with Crippen molar-refractivity contribution >= 4 is 22.3 Å². The molecule has 0 aliphatic carbocycles. The Bertz CT molecular complexity index is 1620. The Morgan fingerprint density at radius 1 is 1.21 bits per heavy atom. The van der Waals surface area contributed by atoms with E-state index in [1.807, 2.05) is 0 Å². The van der Waals surface area contributed by atoms with Crippen molar-refractivity contribution in [3.05, 3.63) is 74.8 Å². The highest BCUT2D eigenvalue weighted by Gasteiger charge is 2.37. The first-order valence-electron chi connectivity index (χ1n) is 12.1. The van der Waals surface area contributed by atoms with Crippen molar-refractivity contribution in [1.29, 1.82) is 0 Å². The number of ether oxygens (including phenoxy) is 1. The van der Waals surface area contributed by atoms with Crippen LogP contribution >= 0.6 is 0 Å². The van der Waals surface area contributed by atoms with Gasteiger partial charge in [-0.2, -0.15) is 18.3 Å². The van der Waals surface area contributed by atoms with E-state index in [-0.39, 0.29) is 23.3 Å². The first-order chi connectivity index (χ1) is 18.5. The van der Waals surface area contributed by atoms with E-state index in [1.165, 1.54) is 10.6 Å². The minimum Gasteiger partial charge on any atom is -0.490 e. The molecule has 1 unspecified atom stereocenters. The number of aryl methyl sites for hydroxylation is 1. The predicted molar refractivity (Wildman–Crippen MR) is 139 cm³/mol. The van der Waals surface area contributed by atoms with Gasteiger partial charge >= 0.3 is 6.18 Å². The van der Waals surface area contributed by atoms with E-state index in [2.05, 4.69) is 15.4 Å². The maximum absolute atomic E-state index is 15.0. The summed E-state index contributed by atoms with van der Waals surface area (Å²) in [4.78, 5) is 28.9. The molecule has 4 N–H and O–H groups in total. The Morgan fingerprint density at radius 3 is 2.67 bits per heavy atom. The third-order valence-electron chi connectivity index (χ3n) is 6.10. The monoisotopic (exact) mass is 546 g/mol. The fourth-order valence-corrected chi connectivity index (χ4v) is 4.26. The molecule has 0 aliphatic heterocycles. The number of H-pyrrole nitrogens is 1. The number of hydrogen-bond donors (Lipinski definition) is 3. The van der Waals surface area contributed by atoms with Gasteiger partial charge in [-0.1, -0.05) is 0 Å². The Labute approximate surface area is 219 Å². The van der Waals surface area contributed by atoms with Gasteiger partial charge in [-0.25, -0.2) is 14.5 Å². The standard InChI is InChI=1S/C26H26F4N6O3/c1-3-39-21-7-6-19(34-23(21)31)17-11-15-8-10-36(25(38)16(15)12-18(17)27)9-4-5-14(2)33-20-13-32-35-24(37)22(20)26(28,29)30/h6-8,10-14H,3-5,9H2,1-2H3,(H2,31,34)(H2,33,35,37). The predicted octanol–water partition coefficient (Wildman–Crippen LogP) is 4.57. The first kappa shape index (κ1) is 27.6. The van der Waals surface area contributed by atoms with Crippen LogP contribution in [0, 0.1) is 5.82 Å². The molecule has 3 aromatic heterocycles. The van der Waals surface area contributed by atoms with E-state index in [1.54, 1.807) is 43.3 Å². The van der Waals surface area contributed by atoms with E-state index < -0.39 is 40.4 Å². The molecule has 13 heteroatoms. The maximum Gasteiger partial charge on any atom is 0.423 e. The number of fused-ring (bicyclic) bond motifs is 1. The third-order valence-corrected chi connectivity index (χ3v) is 6.10. The highest BCUT2D eigenvalue weighted by Crippen LogP contribution is 2.32. The summed E-state index contributed by atoms with van der Waals surface area (Å²) in [7, 11) is 0. The van der Waals surface area contributed by atoms with Crippen LogP contribution in [-0.4, -0.2) is 32.4 Å². The van der Waals surface area contributed by atoms with E-state index in [4.69, 9.17) is 10.5 Å². The SMILES string of the molecule is CCOc1ccc(-c2cc3ccn(CCCC(C)Nc4cn[nH]c(=O)c4C(F)(F)F)c(=O)c3cc2F)nc1N. The lowest BCUT2D eigenvalue weighted by Crippen LogP contribution is -2.27. The molecule has 0 aliphatic rings. The molecule has 1 atom stereocenters. The number of nitrogens with one attached hydrogen (secondary N) is 2. The van der Waals surface area contributed by atoms with Crippen molar-refractivity contribution in [2.75, 3.05) is 17.7 Å². The molecule has 3 heterocycles. The van der Waals surface area contributed by atoms with Crippen LogP contribution in [0.15, 0.2) is 52.3 Å². The van der Waals surface area contributed by atoms with Crippen molar-refractivity contribution in [2.24, 2.45) is 0 Å². The van der Waals surface area contributed by atoms with Crippen molar-refractivity contribution in [3.63, 3.8) is 0 Å². The Kier molecular flexibility index (Phi) is 7.88. The molecule has 0 radical (unpaired) electrons. The number of anilines is 2. The summed E-state index contributed by atoms with van der Waals surface area (Å²) in [5, 5.41) is 8.58. The summed E-state index contributed by atoms with van der Waals surface area (Å²) in [5.74, 6) is -0.124. The fraction of sp³-hybridized carbons (Fsp3) is 0.308. The van der Waals surface area contributed by atoms with Gasteiger partial charge in [0, 0.05) is 24.3 Å². The molecule has 0 spiro atoms. The van der Waals surface area contributed by atoms with Gasteiger partial charge in [0.1, 0.15) is 11.4 Å². The zero-order valence-electron chi connectivity index (χ0n) is 21.1. The zero-order chi connectivity index (χ0) is 28.3. The van der Waals surface area contributed by atoms with Gasteiger partial charge in [-0.3, -0.25) is 9.59 Å². The molecular formula is C26H26F4N6O3. The smallest absolute Gasteiger partial charge is 0.423 e. The average molecular weight is 547 g/mol. The van der Waals surface area contributed by atoms with E-state index >= 15 is 4.39 Å². The molecule has 1 aromatic carbocycles. The van der Waals surface area contributed by atoms with Crippen LogP contribution in [0.4, 0.5) is 29.1 Å². The summed E-state index contributed by atoms with van der Waals surface area (Å²) in [6.07, 6.45) is -1.55. The molecule has 0 saturated carbocycles. The lowest BCUT2D eigenvalue weighted by Gasteiger charge is -2.18. The number of benzene rings is 1. The number of aromatic amines is 1. The molecule has 9 nitrogen and oxygen atoms in total. The number of nitrogen functional groups attached to an aromatic ring is 1. The molecule has 39 heavy (non-hydrogen) atoms. The van der Waals surface area contributed by atoms with Crippen LogP contribution in [0.25, 0.3) is 22.0 Å².